The van der Waals surface area contributed by atoms with Crippen molar-refractivity contribution in [1.29, 1.82) is 0 Å². The molecular formula is C22H31NO8. The predicted octanol–water partition coefficient (Wildman–Crippen LogP) is 2.49. The predicted molar refractivity (Wildman–Crippen MR) is 112 cm³/mol. The summed E-state index contributed by atoms with van der Waals surface area (Å²) in [7, 11) is 0. The average Bonchev–Trinajstić information content (AvgIpc) is 2.72. The van der Waals surface area contributed by atoms with E-state index in [4.69, 9.17) is 5.73 Å². The van der Waals surface area contributed by atoms with Gasteiger partial charge in [0.1, 0.15) is 0 Å². The van der Waals surface area contributed by atoms with Gasteiger partial charge in [-0.25, -0.2) is 0 Å². The van der Waals surface area contributed by atoms with Crippen LogP contribution in [-0.2, 0) is 37.6 Å². The van der Waals surface area contributed by atoms with Crippen LogP contribution in [0.3, 0.4) is 0 Å². The van der Waals surface area contributed by atoms with Gasteiger partial charge in [0.2, 0.25) is 0 Å². The van der Waals surface area contributed by atoms with Crippen LogP contribution in [0.15, 0.2) is 18.2 Å². The Morgan fingerprint density at radius 1 is 0.774 bits per heavy atom. The second-order valence-electron chi connectivity index (χ2n) is 7.55. The molecule has 0 fully saturated rings. The first kappa shape index (κ1) is 26.1. The topological polar surface area (TPSA) is 175 Å². The molecule has 31 heavy (non-hydrogen) atoms. The van der Waals surface area contributed by atoms with Crippen molar-refractivity contribution in [2.75, 3.05) is 0 Å². The molecule has 0 spiro atoms. The van der Waals surface area contributed by atoms with Crippen molar-refractivity contribution in [3.05, 3.63) is 34.9 Å². The van der Waals surface area contributed by atoms with Crippen LogP contribution in [0.5, 0.6) is 0 Å². The summed E-state index contributed by atoms with van der Waals surface area (Å²) < 4.78 is 0. The van der Waals surface area contributed by atoms with Gasteiger partial charge in [-0.3, -0.25) is 19.2 Å². The SMILES string of the molecule is CCc1cc(CN)ccc1C(CC)(C(CC)(C(=O)O)C(=O)O)C(CC)(C(=O)O)C(=O)O. The highest BCUT2D eigenvalue weighted by Gasteiger charge is 2.74. The van der Waals surface area contributed by atoms with Crippen LogP contribution in [0, 0.1) is 10.8 Å². The smallest absolute Gasteiger partial charge is 0.322 e. The normalized spacial score (nSPS) is 12.4. The maximum absolute atomic E-state index is 12.6. The average molecular weight is 437 g/mol. The minimum Gasteiger partial charge on any atom is -0.480 e. The van der Waals surface area contributed by atoms with Crippen molar-refractivity contribution in [2.45, 2.75) is 65.3 Å². The third-order valence-corrected chi connectivity index (χ3v) is 6.75. The lowest BCUT2D eigenvalue weighted by molar-refractivity contribution is -0.191. The highest BCUT2D eigenvalue weighted by Crippen LogP contribution is 2.60. The largest absolute Gasteiger partial charge is 0.480 e. The minimum atomic E-state index is -2.72. The second kappa shape index (κ2) is 9.47. The van der Waals surface area contributed by atoms with Gasteiger partial charge < -0.3 is 26.2 Å². The Labute approximate surface area is 180 Å². The zero-order valence-electron chi connectivity index (χ0n) is 18.3. The summed E-state index contributed by atoms with van der Waals surface area (Å²) in [5.74, 6) is -7.13. The fraction of sp³-hybridized carbons (Fsp3) is 0.545. The zero-order chi connectivity index (χ0) is 24.2. The van der Waals surface area contributed by atoms with Crippen LogP contribution in [0.1, 0.15) is 63.6 Å². The molecule has 172 valence electrons. The Morgan fingerprint density at radius 2 is 1.19 bits per heavy atom. The van der Waals surface area contributed by atoms with Crippen molar-refractivity contribution >= 4 is 23.9 Å². The molecule has 1 rings (SSSR count). The molecule has 0 unspecified atom stereocenters. The van der Waals surface area contributed by atoms with Crippen LogP contribution in [0.2, 0.25) is 0 Å². The Balaban J connectivity index is 4.53. The van der Waals surface area contributed by atoms with Gasteiger partial charge in [-0.15, -0.1) is 0 Å². The summed E-state index contributed by atoms with van der Waals surface area (Å²) >= 11 is 0. The summed E-state index contributed by atoms with van der Waals surface area (Å²) in [6, 6.07) is 4.64. The maximum Gasteiger partial charge on any atom is 0.322 e. The van der Waals surface area contributed by atoms with Crippen molar-refractivity contribution in [3.63, 3.8) is 0 Å². The molecule has 0 saturated heterocycles. The summed E-state index contributed by atoms with van der Waals surface area (Å²) in [4.78, 5) is 50.5. The van der Waals surface area contributed by atoms with E-state index in [9.17, 15) is 39.6 Å². The molecule has 0 aliphatic carbocycles. The van der Waals surface area contributed by atoms with E-state index in [1.807, 2.05) is 0 Å². The number of aliphatic carboxylic acids is 4. The number of carboxylic acid groups (broad SMARTS) is 4. The first-order valence-electron chi connectivity index (χ1n) is 10.2. The number of rotatable bonds is 12. The van der Waals surface area contributed by atoms with Gasteiger partial charge in [0.05, 0.1) is 0 Å². The summed E-state index contributed by atoms with van der Waals surface area (Å²) in [5, 5.41) is 40.9. The maximum atomic E-state index is 12.6. The lowest BCUT2D eigenvalue weighted by Crippen LogP contribution is -2.68. The molecule has 0 aliphatic rings. The van der Waals surface area contributed by atoms with Crippen molar-refractivity contribution in [3.8, 4) is 0 Å². The van der Waals surface area contributed by atoms with E-state index in [0.717, 1.165) is 0 Å². The van der Waals surface area contributed by atoms with E-state index >= 15 is 0 Å². The molecule has 0 bridgehead atoms. The standard InChI is InChI=1S/C22H31NO8/c1-5-14-11-13(12-23)9-10-15(14)22(8-4,20(6-2,16(24)25)17(26)27)21(7-3,18(28)29)19(30)31/h9-11H,5-8,12,23H2,1-4H3,(H,24,25)(H,26,27)(H,28,29)(H,30,31). The van der Waals surface area contributed by atoms with Gasteiger partial charge in [0.15, 0.2) is 10.8 Å². The van der Waals surface area contributed by atoms with Crippen LogP contribution in [0.4, 0.5) is 0 Å². The van der Waals surface area contributed by atoms with Crippen LogP contribution >= 0.6 is 0 Å². The molecular weight excluding hydrogens is 406 g/mol. The van der Waals surface area contributed by atoms with E-state index in [-0.39, 0.29) is 18.5 Å². The molecule has 0 saturated carbocycles. The number of benzene rings is 1. The van der Waals surface area contributed by atoms with Crippen molar-refractivity contribution in [1.82, 2.24) is 0 Å². The van der Waals surface area contributed by atoms with Crippen LogP contribution in [0.25, 0.3) is 0 Å². The fourth-order valence-corrected chi connectivity index (χ4v) is 5.22. The lowest BCUT2D eigenvalue weighted by Gasteiger charge is -2.53. The number of nitrogens with two attached hydrogens (primary N) is 1. The van der Waals surface area contributed by atoms with Gasteiger partial charge in [0, 0.05) is 12.0 Å². The third kappa shape index (κ3) is 3.37. The van der Waals surface area contributed by atoms with Gasteiger partial charge in [-0.1, -0.05) is 45.9 Å². The molecule has 0 radical (unpaired) electrons. The molecule has 1 aromatic carbocycles. The summed E-state index contributed by atoms with van der Waals surface area (Å²) in [6.07, 6.45) is -1.09. The van der Waals surface area contributed by atoms with E-state index in [1.54, 1.807) is 19.1 Å². The van der Waals surface area contributed by atoms with Crippen LogP contribution in [-0.4, -0.2) is 44.3 Å². The molecule has 0 atom stereocenters. The van der Waals surface area contributed by atoms with Gasteiger partial charge >= 0.3 is 23.9 Å². The van der Waals surface area contributed by atoms with Crippen molar-refractivity contribution < 1.29 is 39.6 Å². The molecule has 1 aromatic rings. The molecule has 0 aromatic heterocycles. The third-order valence-electron chi connectivity index (χ3n) is 6.75. The number of carbonyl (C=O) groups is 4. The van der Waals surface area contributed by atoms with Crippen molar-refractivity contribution in [2.24, 2.45) is 16.6 Å². The monoisotopic (exact) mass is 437 g/mol. The zero-order valence-corrected chi connectivity index (χ0v) is 18.3. The summed E-state index contributed by atoms with van der Waals surface area (Å²) in [6.45, 7) is 5.96. The minimum absolute atomic E-state index is 0.0907. The second-order valence-corrected chi connectivity index (χ2v) is 7.55. The Morgan fingerprint density at radius 3 is 1.45 bits per heavy atom. The highest BCUT2D eigenvalue weighted by atomic mass is 16.4. The summed E-state index contributed by atoms with van der Waals surface area (Å²) in [5.41, 5.74) is -0.815. The molecule has 6 N–H and O–H groups in total. The highest BCUT2D eigenvalue weighted by molar-refractivity contribution is 6.07. The Kier molecular flexibility index (Phi) is 7.97. The van der Waals surface area contributed by atoms with Gasteiger partial charge in [-0.2, -0.15) is 0 Å². The first-order valence-corrected chi connectivity index (χ1v) is 10.2. The lowest BCUT2D eigenvalue weighted by atomic mass is 9.44. The van der Waals surface area contributed by atoms with E-state index in [1.165, 1.54) is 26.8 Å². The number of hydrogen-bond donors (Lipinski definition) is 5. The Hall–Kier alpha value is -2.94. The molecule has 9 heteroatoms. The fourth-order valence-electron chi connectivity index (χ4n) is 5.22. The Bertz CT molecular complexity index is 808. The van der Waals surface area contributed by atoms with Gasteiger partial charge in [0.25, 0.3) is 0 Å². The number of carboxylic acids is 4. The van der Waals surface area contributed by atoms with E-state index in [0.29, 0.717) is 17.5 Å². The van der Waals surface area contributed by atoms with E-state index < -0.39 is 53.0 Å². The molecule has 0 heterocycles. The van der Waals surface area contributed by atoms with Gasteiger partial charge in [-0.05, 0) is 42.4 Å². The number of hydrogen-bond acceptors (Lipinski definition) is 5. The first-order chi connectivity index (χ1) is 14.4. The van der Waals surface area contributed by atoms with E-state index in [2.05, 4.69) is 0 Å². The molecule has 9 nitrogen and oxygen atoms in total. The molecule has 0 amide bonds. The quantitative estimate of drug-likeness (QED) is 0.307. The van der Waals surface area contributed by atoms with Crippen LogP contribution < -0.4 is 5.73 Å². The molecule has 0 aliphatic heterocycles. The number of aryl methyl sites for hydroxylation is 1.